The number of ether oxygens (including phenoxy) is 1. The summed E-state index contributed by atoms with van der Waals surface area (Å²) in [5.41, 5.74) is 4.15. The van der Waals surface area contributed by atoms with Gasteiger partial charge in [-0.3, -0.25) is 14.5 Å². The maximum Gasteiger partial charge on any atom is 0.268 e. The summed E-state index contributed by atoms with van der Waals surface area (Å²) < 4.78 is 5.93. The average molecular weight is 435 g/mol. The summed E-state index contributed by atoms with van der Waals surface area (Å²) in [6.07, 6.45) is -0.0463. The third kappa shape index (κ3) is 4.26. The quantitative estimate of drug-likeness (QED) is 0.472. The van der Waals surface area contributed by atoms with Crippen molar-refractivity contribution in [2.75, 3.05) is 11.4 Å². The van der Waals surface area contributed by atoms with Crippen molar-refractivity contribution in [3.63, 3.8) is 0 Å². The highest BCUT2D eigenvalue weighted by Gasteiger charge is 2.35. The molecule has 0 bridgehead atoms. The van der Waals surface area contributed by atoms with Crippen LogP contribution in [-0.4, -0.2) is 29.3 Å². The molecule has 1 unspecified atom stereocenters. The van der Waals surface area contributed by atoms with E-state index in [2.05, 4.69) is 18.8 Å². The number of rotatable bonds is 6. The molecular formula is C25H26N2O3S. The van der Waals surface area contributed by atoms with Crippen LogP contribution in [0, 0.1) is 6.92 Å². The lowest BCUT2D eigenvalue weighted by atomic mass is 10.00. The van der Waals surface area contributed by atoms with Gasteiger partial charge in [0.25, 0.3) is 5.91 Å². The number of carbonyl (C=O) groups is 2. The van der Waals surface area contributed by atoms with Crippen molar-refractivity contribution >= 4 is 28.7 Å². The van der Waals surface area contributed by atoms with E-state index >= 15 is 0 Å². The Balaban J connectivity index is 1.67. The molecule has 6 heteroatoms. The second kappa shape index (κ2) is 8.63. The van der Waals surface area contributed by atoms with E-state index in [0.717, 1.165) is 16.3 Å². The van der Waals surface area contributed by atoms with Gasteiger partial charge in [-0.05, 0) is 43.0 Å². The predicted molar refractivity (Wildman–Crippen MR) is 124 cm³/mol. The van der Waals surface area contributed by atoms with Crippen molar-refractivity contribution < 1.29 is 14.3 Å². The van der Waals surface area contributed by atoms with Crippen LogP contribution < -0.4 is 9.64 Å². The number of carbonyl (C=O) groups excluding carboxylic acids is 2. The van der Waals surface area contributed by atoms with Crippen LogP contribution in [-0.2, 0) is 4.79 Å². The van der Waals surface area contributed by atoms with E-state index in [1.54, 1.807) is 16.2 Å². The molecule has 4 rings (SSSR count). The van der Waals surface area contributed by atoms with Crippen LogP contribution in [0.2, 0.25) is 0 Å². The van der Waals surface area contributed by atoms with Crippen LogP contribution in [0.15, 0.2) is 47.8 Å². The van der Waals surface area contributed by atoms with Gasteiger partial charge in [0.1, 0.15) is 5.75 Å². The highest BCUT2D eigenvalue weighted by atomic mass is 32.1. The van der Waals surface area contributed by atoms with E-state index < -0.39 is 6.10 Å². The minimum absolute atomic E-state index is 0.0216. The number of hydrogen-bond donors (Lipinski definition) is 0. The molecule has 2 heterocycles. The molecular weight excluding hydrogens is 408 g/mol. The summed E-state index contributed by atoms with van der Waals surface area (Å²) >= 11 is 1.58. The number of aryl methyl sites for hydroxylation is 1. The lowest BCUT2D eigenvalue weighted by molar-refractivity contribution is -0.126. The van der Waals surface area contributed by atoms with E-state index in [0.29, 0.717) is 29.3 Å². The maximum atomic E-state index is 13.1. The van der Waals surface area contributed by atoms with Crippen molar-refractivity contribution in [1.82, 2.24) is 4.98 Å². The number of ketones is 1. The molecule has 5 nitrogen and oxygen atoms in total. The molecule has 0 aliphatic carbocycles. The predicted octanol–water partition coefficient (Wildman–Crippen LogP) is 5.63. The van der Waals surface area contributed by atoms with Gasteiger partial charge in [0, 0.05) is 16.5 Å². The third-order valence-corrected chi connectivity index (χ3v) is 6.32. The van der Waals surface area contributed by atoms with Crippen molar-refractivity contribution in [3.8, 4) is 17.0 Å². The van der Waals surface area contributed by atoms with Crippen molar-refractivity contribution in [2.45, 2.75) is 46.1 Å². The summed E-state index contributed by atoms with van der Waals surface area (Å²) in [4.78, 5) is 32.3. The molecule has 0 fully saturated rings. The fourth-order valence-corrected chi connectivity index (χ4v) is 4.31. The molecule has 1 aromatic heterocycles. The van der Waals surface area contributed by atoms with E-state index in [9.17, 15) is 9.59 Å². The Morgan fingerprint density at radius 3 is 2.55 bits per heavy atom. The molecule has 0 saturated carbocycles. The number of thiazole rings is 1. The molecule has 1 amide bonds. The zero-order valence-corrected chi connectivity index (χ0v) is 19.0. The van der Waals surface area contributed by atoms with Crippen LogP contribution >= 0.6 is 11.3 Å². The largest absolute Gasteiger partial charge is 0.478 e. The first-order chi connectivity index (χ1) is 14.9. The normalized spacial score (nSPS) is 15.7. The highest BCUT2D eigenvalue weighted by molar-refractivity contribution is 7.09. The Hall–Kier alpha value is -2.99. The fourth-order valence-electron chi connectivity index (χ4n) is 3.69. The first kappa shape index (κ1) is 21.2. The molecule has 0 spiro atoms. The number of anilines is 1. The SMILES string of the molecule is CCC1Oc2ccc(-c3csc(C)n3)cc2N(CC(=O)c2ccc(C(C)C)cc2)C1=O. The molecule has 0 radical (unpaired) electrons. The molecule has 160 valence electrons. The molecule has 31 heavy (non-hydrogen) atoms. The Labute approximate surface area is 186 Å². The second-order valence-electron chi connectivity index (χ2n) is 8.07. The Morgan fingerprint density at radius 2 is 1.94 bits per heavy atom. The van der Waals surface area contributed by atoms with Gasteiger partial charge < -0.3 is 4.74 Å². The number of benzene rings is 2. The molecule has 1 atom stereocenters. The number of amides is 1. The first-order valence-corrected chi connectivity index (χ1v) is 11.4. The van der Waals surface area contributed by atoms with E-state index in [4.69, 9.17) is 4.74 Å². The highest BCUT2D eigenvalue weighted by Crippen LogP contribution is 2.38. The standard InChI is InChI=1S/C25H26N2O3S/c1-5-23-25(29)27(13-22(28)18-8-6-17(7-9-18)15(2)3)21-12-19(10-11-24(21)30-23)20-14-31-16(4)26-20/h6-12,14-15,23H,5,13H2,1-4H3. The zero-order valence-electron chi connectivity index (χ0n) is 18.2. The van der Waals surface area contributed by atoms with Gasteiger partial charge in [-0.25, -0.2) is 4.98 Å². The van der Waals surface area contributed by atoms with Gasteiger partial charge >= 0.3 is 0 Å². The Bertz CT molecular complexity index is 1120. The van der Waals surface area contributed by atoms with Crippen LogP contribution in [0.4, 0.5) is 5.69 Å². The number of Topliss-reactive ketones (excluding diaryl/α,β-unsaturated/α-hetero) is 1. The van der Waals surface area contributed by atoms with Gasteiger partial charge in [0.15, 0.2) is 11.9 Å². The Kier molecular flexibility index (Phi) is 5.92. The van der Waals surface area contributed by atoms with Crippen LogP contribution in [0.3, 0.4) is 0 Å². The van der Waals surface area contributed by atoms with Gasteiger partial charge in [0.2, 0.25) is 0 Å². The van der Waals surface area contributed by atoms with Gasteiger partial charge in [-0.2, -0.15) is 0 Å². The summed E-state index contributed by atoms with van der Waals surface area (Å²) in [6, 6.07) is 13.3. The maximum absolute atomic E-state index is 13.1. The molecule has 0 saturated heterocycles. The van der Waals surface area contributed by atoms with Gasteiger partial charge in [-0.1, -0.05) is 45.0 Å². The lowest BCUT2D eigenvalue weighted by Crippen LogP contribution is -2.47. The smallest absolute Gasteiger partial charge is 0.268 e. The lowest BCUT2D eigenvalue weighted by Gasteiger charge is -2.34. The van der Waals surface area contributed by atoms with Gasteiger partial charge in [0.05, 0.1) is 22.9 Å². The number of aromatic nitrogens is 1. The summed E-state index contributed by atoms with van der Waals surface area (Å²) in [7, 11) is 0. The average Bonchev–Trinajstić information content (AvgIpc) is 3.21. The Morgan fingerprint density at radius 1 is 1.19 bits per heavy atom. The van der Waals surface area contributed by atoms with Crippen LogP contribution in [0.5, 0.6) is 5.75 Å². The van der Waals surface area contributed by atoms with Crippen molar-refractivity contribution in [2.24, 2.45) is 0 Å². The minimum atomic E-state index is -0.587. The molecule has 0 N–H and O–H groups in total. The zero-order chi connectivity index (χ0) is 22.1. The van der Waals surface area contributed by atoms with E-state index in [1.165, 1.54) is 5.56 Å². The molecule has 2 aromatic carbocycles. The first-order valence-electron chi connectivity index (χ1n) is 10.5. The second-order valence-corrected chi connectivity index (χ2v) is 9.14. The minimum Gasteiger partial charge on any atom is -0.478 e. The summed E-state index contributed by atoms with van der Waals surface area (Å²) in [5.74, 6) is 0.732. The van der Waals surface area contributed by atoms with E-state index in [-0.39, 0.29) is 18.2 Å². The summed E-state index contributed by atoms with van der Waals surface area (Å²) in [6.45, 7) is 8.08. The molecule has 3 aromatic rings. The monoisotopic (exact) mass is 434 g/mol. The molecule has 1 aliphatic rings. The third-order valence-electron chi connectivity index (χ3n) is 5.55. The summed E-state index contributed by atoms with van der Waals surface area (Å²) in [5, 5.41) is 2.96. The van der Waals surface area contributed by atoms with Crippen molar-refractivity contribution in [3.05, 3.63) is 64.0 Å². The number of nitrogens with zero attached hydrogens (tertiary/aromatic N) is 2. The van der Waals surface area contributed by atoms with Crippen LogP contribution in [0.1, 0.15) is 54.0 Å². The topological polar surface area (TPSA) is 59.5 Å². The molecule has 1 aliphatic heterocycles. The van der Waals surface area contributed by atoms with E-state index in [1.807, 2.05) is 61.7 Å². The number of hydrogen-bond acceptors (Lipinski definition) is 5. The van der Waals surface area contributed by atoms with Gasteiger partial charge in [-0.15, -0.1) is 11.3 Å². The van der Waals surface area contributed by atoms with Crippen molar-refractivity contribution in [1.29, 1.82) is 0 Å². The van der Waals surface area contributed by atoms with Crippen LogP contribution in [0.25, 0.3) is 11.3 Å². The number of fused-ring (bicyclic) bond motifs is 1. The fraction of sp³-hybridized carbons (Fsp3) is 0.320.